The molecule has 0 amide bonds. The Morgan fingerprint density at radius 3 is 1.83 bits per heavy atom. The third-order valence-electron chi connectivity index (χ3n) is 6.00. The van der Waals surface area contributed by atoms with Crippen molar-refractivity contribution < 1.29 is 46.1 Å². The van der Waals surface area contributed by atoms with Crippen LogP contribution >= 0.6 is 23.2 Å². The van der Waals surface area contributed by atoms with Gasteiger partial charge in [-0.2, -0.15) is 26.3 Å². The van der Waals surface area contributed by atoms with Crippen molar-refractivity contribution in [2.75, 3.05) is 5.32 Å². The molecule has 1 aliphatic rings. The van der Waals surface area contributed by atoms with Crippen LogP contribution in [0.1, 0.15) is 36.8 Å². The monoisotopic (exact) mass is 641 g/mol. The van der Waals surface area contributed by atoms with E-state index in [1.54, 1.807) is 6.07 Å². The van der Waals surface area contributed by atoms with E-state index in [9.17, 15) is 26.3 Å². The van der Waals surface area contributed by atoms with Crippen LogP contribution in [0.25, 0.3) is 10.9 Å². The third kappa shape index (κ3) is 11.9. The van der Waals surface area contributed by atoms with Crippen molar-refractivity contribution in [1.29, 1.82) is 0 Å². The first-order valence-electron chi connectivity index (χ1n) is 12.4. The molecule has 15 heteroatoms. The molecule has 0 unspecified atom stereocenters. The van der Waals surface area contributed by atoms with Crippen LogP contribution < -0.4 is 10.6 Å². The van der Waals surface area contributed by atoms with Crippen LogP contribution in [0.15, 0.2) is 48.5 Å². The zero-order chi connectivity index (χ0) is 31.7. The zero-order valence-electron chi connectivity index (χ0n) is 22.0. The Hall–Kier alpha value is -3.29. The van der Waals surface area contributed by atoms with Gasteiger partial charge in [0.2, 0.25) is 0 Å². The Labute approximate surface area is 246 Å². The molecule has 1 heterocycles. The van der Waals surface area contributed by atoms with E-state index in [4.69, 9.17) is 48.0 Å². The number of pyridine rings is 1. The largest absolute Gasteiger partial charge is 0.490 e. The number of nitrogens with one attached hydrogen (secondary N) is 2. The molecule has 7 nitrogen and oxygen atoms in total. The Bertz CT molecular complexity index is 1320. The number of aliphatic carboxylic acids is 2. The van der Waals surface area contributed by atoms with Gasteiger partial charge in [-0.15, -0.1) is 0 Å². The molecule has 1 aliphatic carbocycles. The average Bonchev–Trinajstić information content (AvgIpc) is 2.87. The predicted octanol–water partition coefficient (Wildman–Crippen LogP) is 7.63. The molecule has 1 saturated carbocycles. The van der Waals surface area contributed by atoms with Crippen molar-refractivity contribution in [3.63, 3.8) is 0 Å². The standard InChI is InChI=1S/C23H25Cl2N3.2C2HF3O2/c1-15-10-23(28-22-5-3-2-4-21(15)22)27-20-8-6-19(7-9-20)26-14-16-11-17(24)13-18(25)12-16;2*3-2(4,5)1(6)7/h2-5,10-13,19-20,26H,6-9,14H2,1H3,(H,27,28);2*(H,6,7). The highest BCUT2D eigenvalue weighted by molar-refractivity contribution is 6.34. The topological polar surface area (TPSA) is 112 Å². The number of para-hydroxylation sites is 1. The van der Waals surface area contributed by atoms with Crippen LogP contribution in [0.4, 0.5) is 32.2 Å². The van der Waals surface area contributed by atoms with Gasteiger partial charge >= 0.3 is 24.3 Å². The minimum absolute atomic E-state index is 0.478. The fraction of sp³-hybridized carbons (Fsp3) is 0.370. The third-order valence-corrected chi connectivity index (χ3v) is 6.44. The second-order valence-electron chi connectivity index (χ2n) is 9.30. The van der Waals surface area contributed by atoms with Crippen LogP contribution in [-0.4, -0.2) is 51.6 Å². The van der Waals surface area contributed by atoms with Gasteiger partial charge in [0.15, 0.2) is 0 Å². The molecular formula is C27H27Cl2F6N3O4. The van der Waals surface area contributed by atoms with E-state index in [2.05, 4.69) is 41.8 Å². The number of hydrogen-bond acceptors (Lipinski definition) is 5. The summed E-state index contributed by atoms with van der Waals surface area (Å²) in [6.45, 7) is 2.95. The molecule has 42 heavy (non-hydrogen) atoms. The summed E-state index contributed by atoms with van der Waals surface area (Å²) >= 11 is 12.2. The van der Waals surface area contributed by atoms with Crippen molar-refractivity contribution >= 4 is 51.9 Å². The lowest BCUT2D eigenvalue weighted by Crippen LogP contribution is -2.36. The second-order valence-corrected chi connectivity index (χ2v) is 10.2. The number of anilines is 1. The molecule has 0 saturated heterocycles. The van der Waals surface area contributed by atoms with E-state index in [-0.39, 0.29) is 0 Å². The number of carboxylic acid groups (broad SMARTS) is 2. The van der Waals surface area contributed by atoms with Gasteiger partial charge in [-0.3, -0.25) is 0 Å². The highest BCUT2D eigenvalue weighted by atomic mass is 35.5. The number of carboxylic acids is 2. The molecule has 0 spiro atoms. The molecule has 4 rings (SSSR count). The van der Waals surface area contributed by atoms with Gasteiger partial charge in [-0.25, -0.2) is 14.6 Å². The van der Waals surface area contributed by atoms with Gasteiger partial charge in [0.1, 0.15) is 5.82 Å². The Morgan fingerprint density at radius 1 is 0.857 bits per heavy atom. The average molecular weight is 642 g/mol. The number of aryl methyl sites for hydroxylation is 1. The smallest absolute Gasteiger partial charge is 0.475 e. The molecule has 0 bridgehead atoms. The van der Waals surface area contributed by atoms with E-state index in [1.165, 1.54) is 10.9 Å². The van der Waals surface area contributed by atoms with Crippen LogP contribution in [-0.2, 0) is 16.1 Å². The number of aromatic nitrogens is 1. The first-order chi connectivity index (χ1) is 19.5. The van der Waals surface area contributed by atoms with Gasteiger partial charge in [-0.1, -0.05) is 41.4 Å². The van der Waals surface area contributed by atoms with Crippen LogP contribution in [0, 0.1) is 6.92 Å². The highest BCUT2D eigenvalue weighted by Crippen LogP contribution is 2.25. The van der Waals surface area contributed by atoms with Gasteiger partial charge in [0.05, 0.1) is 5.52 Å². The first kappa shape index (κ1) is 34.9. The summed E-state index contributed by atoms with van der Waals surface area (Å²) in [6, 6.07) is 17.2. The fourth-order valence-corrected chi connectivity index (χ4v) is 4.62. The minimum atomic E-state index is -5.08. The maximum Gasteiger partial charge on any atom is 0.490 e. The number of benzene rings is 2. The summed E-state index contributed by atoms with van der Waals surface area (Å²) in [6.07, 6.45) is -5.58. The number of fused-ring (bicyclic) bond motifs is 1. The Balaban J connectivity index is 0.000000367. The maximum atomic E-state index is 10.6. The number of carbonyl (C=O) groups is 2. The molecule has 1 aromatic heterocycles. The maximum absolute atomic E-state index is 10.6. The zero-order valence-corrected chi connectivity index (χ0v) is 23.5. The lowest BCUT2D eigenvalue weighted by atomic mass is 9.91. The number of hydrogen-bond donors (Lipinski definition) is 4. The normalized spacial score (nSPS) is 16.9. The van der Waals surface area contributed by atoms with E-state index < -0.39 is 24.3 Å². The summed E-state index contributed by atoms with van der Waals surface area (Å²) < 4.78 is 63.5. The minimum Gasteiger partial charge on any atom is -0.475 e. The number of nitrogens with zero attached hydrogens (tertiary/aromatic N) is 1. The van der Waals surface area contributed by atoms with Crippen LogP contribution in [0.3, 0.4) is 0 Å². The van der Waals surface area contributed by atoms with Gasteiger partial charge in [-0.05, 0) is 74.1 Å². The molecule has 0 atom stereocenters. The van der Waals surface area contributed by atoms with Gasteiger partial charge < -0.3 is 20.8 Å². The molecule has 2 aromatic carbocycles. The van der Waals surface area contributed by atoms with Crippen molar-refractivity contribution in [2.24, 2.45) is 0 Å². The summed E-state index contributed by atoms with van der Waals surface area (Å²) in [7, 11) is 0. The quantitative estimate of drug-likeness (QED) is 0.212. The van der Waals surface area contributed by atoms with Crippen molar-refractivity contribution in [1.82, 2.24) is 10.3 Å². The van der Waals surface area contributed by atoms with Crippen LogP contribution in [0.2, 0.25) is 10.0 Å². The lowest BCUT2D eigenvalue weighted by molar-refractivity contribution is -0.193. The SMILES string of the molecule is Cc1cc(NC2CCC(NCc3cc(Cl)cc(Cl)c3)CC2)nc2ccccc12.O=C(O)C(F)(F)F.O=C(O)C(F)(F)F. The summed E-state index contributed by atoms with van der Waals surface area (Å²) in [5.41, 5.74) is 3.46. The van der Waals surface area contributed by atoms with Crippen molar-refractivity contribution in [3.8, 4) is 0 Å². The van der Waals surface area contributed by atoms with E-state index in [1.807, 2.05) is 18.2 Å². The molecule has 3 aromatic rings. The molecule has 4 N–H and O–H groups in total. The summed E-state index contributed by atoms with van der Waals surface area (Å²) in [5.74, 6) is -4.53. The van der Waals surface area contributed by atoms with E-state index in [0.29, 0.717) is 22.1 Å². The predicted molar refractivity (Wildman–Crippen MR) is 147 cm³/mol. The van der Waals surface area contributed by atoms with E-state index in [0.717, 1.165) is 49.1 Å². The van der Waals surface area contributed by atoms with Crippen molar-refractivity contribution in [3.05, 3.63) is 69.7 Å². The number of halogens is 8. The summed E-state index contributed by atoms with van der Waals surface area (Å²) in [5, 5.41) is 24.2. The summed E-state index contributed by atoms with van der Waals surface area (Å²) in [4.78, 5) is 22.6. The second kappa shape index (κ2) is 15.3. The van der Waals surface area contributed by atoms with Gasteiger partial charge in [0.25, 0.3) is 0 Å². The number of rotatable bonds is 5. The molecule has 1 fully saturated rings. The fourth-order valence-electron chi connectivity index (χ4n) is 4.05. The number of alkyl halides is 6. The van der Waals surface area contributed by atoms with Gasteiger partial charge in [0, 0.05) is 34.1 Å². The Morgan fingerprint density at radius 2 is 1.33 bits per heavy atom. The van der Waals surface area contributed by atoms with Crippen LogP contribution in [0.5, 0.6) is 0 Å². The van der Waals surface area contributed by atoms with Crippen molar-refractivity contribution in [2.45, 2.75) is 63.6 Å². The lowest BCUT2D eigenvalue weighted by Gasteiger charge is -2.30. The molecular weight excluding hydrogens is 615 g/mol. The molecule has 0 radical (unpaired) electrons. The van der Waals surface area contributed by atoms with E-state index >= 15 is 0 Å². The molecule has 0 aliphatic heterocycles. The first-order valence-corrected chi connectivity index (χ1v) is 13.1. The Kier molecular flexibility index (Phi) is 12.7. The highest BCUT2D eigenvalue weighted by Gasteiger charge is 2.38. The molecule has 230 valence electrons.